The molecule has 1 N–H and O–H groups in total. The van der Waals surface area contributed by atoms with Crippen molar-refractivity contribution in [1.82, 2.24) is 19.2 Å². The van der Waals surface area contributed by atoms with Gasteiger partial charge in [-0.3, -0.25) is 4.79 Å². The van der Waals surface area contributed by atoms with Crippen LogP contribution < -0.4 is 10.5 Å². The standard InChI is InChI=1S/C19H18ClN5OS2/c1-3-27-19-22-21-18-24(12-6-4-5-11(20)9-12)16(26)15-13-7-8-23(2)10-14(13)28-17(15)25(18)19/h4-6,9H,3,7-8,10H2,1-2H3/p+1. The zero-order valence-electron chi connectivity index (χ0n) is 15.5. The van der Waals surface area contributed by atoms with Gasteiger partial charge in [0, 0.05) is 11.4 Å². The van der Waals surface area contributed by atoms with Gasteiger partial charge in [-0.15, -0.1) is 21.5 Å². The summed E-state index contributed by atoms with van der Waals surface area (Å²) in [7, 11) is 2.20. The summed E-state index contributed by atoms with van der Waals surface area (Å²) in [6, 6.07) is 7.34. The average Bonchev–Trinajstić information content (AvgIpc) is 3.23. The highest BCUT2D eigenvalue weighted by Crippen LogP contribution is 2.33. The van der Waals surface area contributed by atoms with Crippen molar-refractivity contribution in [3.05, 3.63) is 50.1 Å². The molecule has 9 heteroatoms. The van der Waals surface area contributed by atoms with Gasteiger partial charge in [0.15, 0.2) is 5.16 Å². The topological polar surface area (TPSA) is 56.6 Å². The molecule has 0 spiro atoms. The first-order chi connectivity index (χ1) is 13.6. The number of halogens is 1. The lowest BCUT2D eigenvalue weighted by molar-refractivity contribution is -0.895. The zero-order chi connectivity index (χ0) is 19.4. The first kappa shape index (κ1) is 18.2. The Hall–Kier alpha value is -1.87. The largest absolute Gasteiger partial charge is 0.333 e. The Morgan fingerprint density at radius 2 is 2.21 bits per heavy atom. The predicted molar refractivity (Wildman–Crippen MR) is 115 cm³/mol. The van der Waals surface area contributed by atoms with Crippen LogP contribution in [0.5, 0.6) is 0 Å². The van der Waals surface area contributed by atoms with Gasteiger partial charge in [0.05, 0.1) is 29.5 Å². The van der Waals surface area contributed by atoms with Crippen LogP contribution in [0, 0.1) is 0 Å². The van der Waals surface area contributed by atoms with Gasteiger partial charge in [0.2, 0.25) is 5.78 Å². The van der Waals surface area contributed by atoms with Crippen molar-refractivity contribution in [2.45, 2.75) is 25.0 Å². The zero-order valence-corrected chi connectivity index (χ0v) is 17.9. The van der Waals surface area contributed by atoms with Crippen LogP contribution in [0.4, 0.5) is 0 Å². The summed E-state index contributed by atoms with van der Waals surface area (Å²) >= 11 is 9.56. The van der Waals surface area contributed by atoms with Crippen molar-refractivity contribution in [3.63, 3.8) is 0 Å². The van der Waals surface area contributed by atoms with Gasteiger partial charge in [0.1, 0.15) is 11.4 Å². The van der Waals surface area contributed by atoms with Crippen molar-refractivity contribution in [1.29, 1.82) is 0 Å². The molecule has 0 fully saturated rings. The molecule has 6 nitrogen and oxygen atoms in total. The molecule has 1 aliphatic heterocycles. The molecule has 5 rings (SSSR count). The minimum atomic E-state index is -0.0396. The minimum absolute atomic E-state index is 0.0396. The van der Waals surface area contributed by atoms with Crippen molar-refractivity contribution in [2.75, 3.05) is 19.3 Å². The molecule has 144 valence electrons. The highest BCUT2D eigenvalue weighted by atomic mass is 35.5. The van der Waals surface area contributed by atoms with E-state index in [0.717, 1.165) is 40.6 Å². The summed E-state index contributed by atoms with van der Waals surface area (Å²) in [5, 5.41) is 11.0. The summed E-state index contributed by atoms with van der Waals surface area (Å²) in [6.45, 7) is 4.07. The third-order valence-corrected chi connectivity index (χ3v) is 7.38. The fraction of sp³-hybridized carbons (Fsp3) is 0.316. The van der Waals surface area contributed by atoms with Crippen LogP contribution in [0.25, 0.3) is 21.7 Å². The van der Waals surface area contributed by atoms with Crippen LogP contribution in [-0.4, -0.2) is 38.5 Å². The molecule has 4 aromatic rings. The Morgan fingerprint density at radius 3 is 3.00 bits per heavy atom. The van der Waals surface area contributed by atoms with E-state index < -0.39 is 0 Å². The third kappa shape index (κ3) is 2.70. The first-order valence-electron chi connectivity index (χ1n) is 9.23. The molecule has 0 saturated carbocycles. The van der Waals surface area contributed by atoms with E-state index >= 15 is 0 Å². The summed E-state index contributed by atoms with van der Waals surface area (Å²) in [6.07, 6.45) is 0.913. The van der Waals surface area contributed by atoms with E-state index in [4.69, 9.17) is 11.6 Å². The number of rotatable bonds is 3. The number of thiophene rings is 1. The maximum atomic E-state index is 13.7. The second kappa shape index (κ2) is 6.88. The fourth-order valence-electron chi connectivity index (χ4n) is 3.84. The van der Waals surface area contributed by atoms with Crippen LogP contribution in [0.2, 0.25) is 5.02 Å². The maximum absolute atomic E-state index is 13.7. The lowest BCUT2D eigenvalue weighted by atomic mass is 10.1. The number of hydrogen-bond donors (Lipinski definition) is 1. The van der Waals surface area contributed by atoms with Gasteiger partial charge >= 0.3 is 0 Å². The number of likely N-dealkylation sites (N-methyl/N-ethyl adjacent to an activating group) is 1. The highest BCUT2D eigenvalue weighted by molar-refractivity contribution is 7.99. The van der Waals surface area contributed by atoms with E-state index in [9.17, 15) is 4.79 Å². The third-order valence-electron chi connectivity index (χ3n) is 5.11. The van der Waals surface area contributed by atoms with Crippen molar-refractivity contribution in [2.24, 2.45) is 0 Å². The number of thioether (sulfide) groups is 1. The Labute approximate surface area is 174 Å². The van der Waals surface area contributed by atoms with Gasteiger partial charge < -0.3 is 4.90 Å². The van der Waals surface area contributed by atoms with Gasteiger partial charge in [-0.25, -0.2) is 8.97 Å². The van der Waals surface area contributed by atoms with Gasteiger partial charge in [0.25, 0.3) is 5.56 Å². The normalized spacial score (nSPS) is 16.8. The van der Waals surface area contributed by atoms with Gasteiger partial charge in [-0.05, 0) is 29.5 Å². The SMILES string of the molecule is CCSc1nnc2n(-c3cccc(Cl)c3)c(=O)c3c4c(sc3n12)C[NH+](C)CC4. The Balaban J connectivity index is 1.94. The number of aromatic nitrogens is 4. The molecule has 1 unspecified atom stereocenters. The van der Waals surface area contributed by atoms with Crippen LogP contribution in [0.1, 0.15) is 17.4 Å². The fourth-order valence-corrected chi connectivity index (χ4v) is 6.19. The molecule has 1 atom stereocenters. The highest BCUT2D eigenvalue weighted by Gasteiger charge is 2.28. The van der Waals surface area contributed by atoms with E-state index in [1.54, 1.807) is 39.8 Å². The van der Waals surface area contributed by atoms with Crippen LogP contribution >= 0.6 is 34.7 Å². The average molecular weight is 433 g/mol. The summed E-state index contributed by atoms with van der Waals surface area (Å²) < 4.78 is 3.70. The lowest BCUT2D eigenvalue weighted by Gasteiger charge is -2.19. The van der Waals surface area contributed by atoms with Crippen LogP contribution in [0.3, 0.4) is 0 Å². The van der Waals surface area contributed by atoms with E-state index in [1.807, 2.05) is 16.5 Å². The van der Waals surface area contributed by atoms with E-state index in [-0.39, 0.29) is 5.56 Å². The van der Waals surface area contributed by atoms with Crippen molar-refractivity contribution < 1.29 is 4.90 Å². The number of benzene rings is 1. The first-order valence-corrected chi connectivity index (χ1v) is 11.4. The van der Waals surface area contributed by atoms with E-state index in [2.05, 4.69) is 24.2 Å². The molecular weight excluding hydrogens is 414 g/mol. The second-order valence-electron chi connectivity index (χ2n) is 6.99. The molecule has 0 amide bonds. The number of hydrogen-bond acceptors (Lipinski definition) is 5. The summed E-state index contributed by atoms with van der Waals surface area (Å²) in [5.74, 6) is 1.42. The maximum Gasteiger partial charge on any atom is 0.268 e. The van der Waals surface area contributed by atoms with E-state index in [0.29, 0.717) is 16.5 Å². The Morgan fingerprint density at radius 1 is 1.36 bits per heavy atom. The van der Waals surface area contributed by atoms with Crippen LogP contribution in [0.15, 0.2) is 34.2 Å². The predicted octanol–water partition coefficient (Wildman–Crippen LogP) is 2.43. The quantitative estimate of drug-likeness (QED) is 0.505. The summed E-state index contributed by atoms with van der Waals surface area (Å²) in [5.41, 5.74) is 1.86. The van der Waals surface area contributed by atoms with Crippen molar-refractivity contribution in [3.8, 4) is 5.69 Å². The molecule has 0 aliphatic carbocycles. The smallest absolute Gasteiger partial charge is 0.268 e. The van der Waals surface area contributed by atoms with Gasteiger partial charge in [-0.1, -0.05) is 36.4 Å². The summed E-state index contributed by atoms with van der Waals surface area (Å²) in [4.78, 5) is 17.4. The molecule has 0 radical (unpaired) electrons. The number of quaternary nitrogens is 1. The van der Waals surface area contributed by atoms with Crippen LogP contribution in [-0.2, 0) is 13.0 Å². The molecule has 28 heavy (non-hydrogen) atoms. The molecule has 0 bridgehead atoms. The Bertz CT molecular complexity index is 1280. The minimum Gasteiger partial charge on any atom is -0.333 e. The number of nitrogens with one attached hydrogen (secondary N) is 1. The lowest BCUT2D eigenvalue weighted by Crippen LogP contribution is -3.08. The number of nitrogens with zero attached hydrogens (tertiary/aromatic N) is 4. The molecular formula is C19H19ClN5OS2+. The molecule has 3 aromatic heterocycles. The molecule has 1 aromatic carbocycles. The number of fused-ring (bicyclic) bond motifs is 5. The van der Waals surface area contributed by atoms with Crippen molar-refractivity contribution >= 4 is 50.7 Å². The van der Waals surface area contributed by atoms with E-state index in [1.165, 1.54) is 15.3 Å². The monoisotopic (exact) mass is 432 g/mol. The second-order valence-corrected chi connectivity index (χ2v) is 9.74. The molecule has 0 saturated heterocycles. The van der Waals surface area contributed by atoms with Gasteiger partial charge in [-0.2, -0.15) is 0 Å². The molecule has 4 heterocycles. The Kier molecular flexibility index (Phi) is 4.46. The molecule has 1 aliphatic rings.